The minimum Gasteiger partial charge on any atom is -0.437 e. The predicted octanol–water partition coefficient (Wildman–Crippen LogP) is 2.79. The van der Waals surface area contributed by atoms with E-state index in [2.05, 4.69) is 0 Å². The molecule has 0 saturated heterocycles. The average Bonchev–Trinajstić information content (AvgIpc) is 2.51. The van der Waals surface area contributed by atoms with Gasteiger partial charge in [-0.1, -0.05) is 34.6 Å². The summed E-state index contributed by atoms with van der Waals surface area (Å²) in [7, 11) is -3.46. The molecule has 0 aliphatic heterocycles. The van der Waals surface area contributed by atoms with Crippen molar-refractivity contribution in [2.45, 2.75) is 86.1 Å². The van der Waals surface area contributed by atoms with Gasteiger partial charge in [0.2, 0.25) is 10.0 Å². The van der Waals surface area contributed by atoms with Gasteiger partial charge in [0.05, 0.1) is 25.1 Å². The molecule has 0 unspecified atom stereocenters. The molecule has 30 heavy (non-hydrogen) atoms. The first kappa shape index (κ1) is 31.7. The van der Waals surface area contributed by atoms with E-state index in [0.29, 0.717) is 0 Å². The van der Waals surface area contributed by atoms with E-state index in [9.17, 15) is 13.2 Å². The van der Waals surface area contributed by atoms with Crippen LogP contribution in [0.3, 0.4) is 0 Å². The number of rotatable bonds is 11. The number of nitrogens with zero attached hydrogens (tertiary/aromatic N) is 1. The molecule has 0 heterocycles. The van der Waals surface area contributed by atoms with Crippen molar-refractivity contribution in [2.75, 3.05) is 26.2 Å². The number of hydrogen-bond acceptors (Lipinski definition) is 7. The number of ether oxygens (including phenoxy) is 3. The molecule has 0 rings (SSSR count). The van der Waals surface area contributed by atoms with E-state index in [0.717, 1.165) is 0 Å². The lowest BCUT2D eigenvalue weighted by atomic mass is 9.90. The molecule has 0 aliphatic carbocycles. The number of sulfonamides is 1. The maximum Gasteiger partial charge on any atom is 0.325 e. The Morgan fingerprint density at radius 3 is 1.93 bits per heavy atom. The van der Waals surface area contributed by atoms with Crippen molar-refractivity contribution in [3.8, 4) is 0 Å². The summed E-state index contributed by atoms with van der Waals surface area (Å²) in [6.07, 6.45) is 0.503. The van der Waals surface area contributed by atoms with E-state index in [1.165, 1.54) is 10.6 Å². The van der Waals surface area contributed by atoms with E-state index in [1.54, 1.807) is 0 Å². The summed E-state index contributed by atoms with van der Waals surface area (Å²) in [4.78, 5) is 11.8. The summed E-state index contributed by atoms with van der Waals surface area (Å²) in [5.41, 5.74) is 5.00. The first-order valence-corrected chi connectivity index (χ1v) is 11.9. The van der Waals surface area contributed by atoms with Gasteiger partial charge < -0.3 is 19.9 Å². The van der Waals surface area contributed by atoms with Crippen LogP contribution in [0.1, 0.15) is 62.3 Å². The second-order valence-corrected chi connectivity index (χ2v) is 11.9. The van der Waals surface area contributed by atoms with Crippen LogP contribution in [0.4, 0.5) is 0 Å². The topological polar surface area (TPSA) is 108 Å². The zero-order valence-electron chi connectivity index (χ0n) is 20.2. The molecule has 0 fully saturated rings. The van der Waals surface area contributed by atoms with Crippen LogP contribution in [0.25, 0.3) is 0 Å². The minimum atomic E-state index is -3.46. The second-order valence-electron chi connectivity index (χ2n) is 9.95. The van der Waals surface area contributed by atoms with Gasteiger partial charge in [0.25, 0.3) is 0 Å². The largest absolute Gasteiger partial charge is 0.437 e. The summed E-state index contributed by atoms with van der Waals surface area (Å²) in [5, 5.41) is 0. The van der Waals surface area contributed by atoms with Crippen molar-refractivity contribution in [1.29, 1.82) is 0 Å². The third-order valence-electron chi connectivity index (χ3n) is 4.71. The van der Waals surface area contributed by atoms with Crippen molar-refractivity contribution in [3.63, 3.8) is 0 Å². The quantitative estimate of drug-likeness (QED) is 0.278. The summed E-state index contributed by atoms with van der Waals surface area (Å²) < 4.78 is 42.7. The van der Waals surface area contributed by atoms with Gasteiger partial charge in [-0.05, 0) is 39.0 Å². The van der Waals surface area contributed by atoms with Gasteiger partial charge >= 0.3 is 5.97 Å². The molecule has 182 valence electrons. The van der Waals surface area contributed by atoms with Crippen molar-refractivity contribution in [1.82, 2.24) is 4.31 Å². The maximum atomic E-state index is 12.3. The van der Waals surface area contributed by atoms with Gasteiger partial charge in [-0.2, -0.15) is 4.31 Å². The van der Waals surface area contributed by atoms with Gasteiger partial charge in [-0.15, -0.1) is 12.4 Å². The van der Waals surface area contributed by atoms with Crippen LogP contribution in [0.15, 0.2) is 0 Å². The third kappa shape index (κ3) is 11.8. The van der Waals surface area contributed by atoms with Crippen LogP contribution in [0.5, 0.6) is 0 Å². The van der Waals surface area contributed by atoms with Crippen LogP contribution >= 0.6 is 12.4 Å². The van der Waals surface area contributed by atoms with Crippen molar-refractivity contribution < 1.29 is 27.4 Å². The van der Waals surface area contributed by atoms with Gasteiger partial charge in [0, 0.05) is 12.1 Å². The zero-order valence-corrected chi connectivity index (χ0v) is 21.9. The zero-order chi connectivity index (χ0) is 23.2. The Kier molecular flexibility index (Phi) is 13.3. The highest BCUT2D eigenvalue weighted by atomic mass is 35.5. The Labute approximate surface area is 189 Å². The van der Waals surface area contributed by atoms with Crippen molar-refractivity contribution in [2.24, 2.45) is 17.1 Å². The van der Waals surface area contributed by atoms with Crippen LogP contribution in [0, 0.1) is 11.3 Å². The molecule has 0 amide bonds. The smallest absolute Gasteiger partial charge is 0.325 e. The standard InChI is InChI=1S/C20H42N2O6S.ClH/c1-14(2)17(21)18(23)27-13-26-12-16(28-15(3)19(4,5)6)11-22(20(7,8)9)29(10,24)25;/h14-17H,11-13,21H2,1-10H3;1H/t15-,16-,17-;/m0./s1. The molecule has 10 heteroatoms. The minimum absolute atomic E-state index is 0. The highest BCUT2D eigenvalue weighted by Gasteiger charge is 2.34. The number of hydrogen-bond donors (Lipinski definition) is 1. The average molecular weight is 475 g/mol. The van der Waals surface area contributed by atoms with Crippen LogP contribution in [-0.2, 0) is 29.0 Å². The van der Waals surface area contributed by atoms with E-state index in [4.69, 9.17) is 19.9 Å². The molecule has 0 spiro atoms. The molecular weight excluding hydrogens is 432 g/mol. The van der Waals surface area contributed by atoms with Gasteiger partial charge in [0.15, 0.2) is 6.79 Å². The number of carbonyl (C=O) groups is 1. The molecule has 8 nitrogen and oxygen atoms in total. The number of halogens is 1. The molecule has 0 aromatic heterocycles. The summed E-state index contributed by atoms with van der Waals surface area (Å²) in [5.74, 6) is -0.575. The summed E-state index contributed by atoms with van der Waals surface area (Å²) in [6, 6.07) is -0.715. The van der Waals surface area contributed by atoms with E-state index in [1.807, 2.05) is 62.3 Å². The maximum absolute atomic E-state index is 12.3. The third-order valence-corrected chi connectivity index (χ3v) is 6.21. The Bertz CT molecular complexity index is 614. The molecule has 0 aromatic carbocycles. The summed E-state index contributed by atoms with van der Waals surface area (Å²) in [6.45, 7) is 17.2. The monoisotopic (exact) mass is 474 g/mol. The number of esters is 1. The van der Waals surface area contributed by atoms with E-state index < -0.39 is 33.7 Å². The Morgan fingerprint density at radius 1 is 1.07 bits per heavy atom. The number of carbonyl (C=O) groups excluding carboxylic acids is 1. The van der Waals surface area contributed by atoms with Crippen LogP contribution in [-0.4, -0.2) is 68.7 Å². The lowest BCUT2D eigenvalue weighted by Gasteiger charge is -2.38. The van der Waals surface area contributed by atoms with Crippen molar-refractivity contribution >= 4 is 28.4 Å². The molecule has 0 saturated carbocycles. The fraction of sp³-hybridized carbons (Fsp3) is 0.950. The molecule has 0 aliphatic rings. The van der Waals surface area contributed by atoms with Gasteiger partial charge in [-0.3, -0.25) is 4.79 Å². The van der Waals surface area contributed by atoms with Crippen LogP contribution < -0.4 is 5.73 Å². The molecule has 2 N–H and O–H groups in total. The highest BCUT2D eigenvalue weighted by Crippen LogP contribution is 2.25. The molecule has 0 aromatic rings. The first-order chi connectivity index (χ1) is 12.9. The van der Waals surface area contributed by atoms with Gasteiger partial charge in [-0.25, -0.2) is 8.42 Å². The fourth-order valence-corrected chi connectivity index (χ4v) is 3.80. The Balaban J connectivity index is 0. The SMILES string of the molecule is CC(C)[C@H](N)C(=O)OCOC[C@H](CN(C(C)(C)C)S(C)(=O)=O)O[C@@H](C)C(C)(C)C.Cl. The summed E-state index contributed by atoms with van der Waals surface area (Å²) >= 11 is 0. The lowest BCUT2D eigenvalue weighted by molar-refractivity contribution is -0.165. The first-order valence-electron chi connectivity index (χ1n) is 10.0. The van der Waals surface area contributed by atoms with E-state index >= 15 is 0 Å². The van der Waals surface area contributed by atoms with Crippen molar-refractivity contribution in [3.05, 3.63) is 0 Å². The molecule has 0 radical (unpaired) electrons. The van der Waals surface area contributed by atoms with E-state index in [-0.39, 0.29) is 49.8 Å². The molecule has 0 bridgehead atoms. The second kappa shape index (κ2) is 12.6. The Morgan fingerprint density at radius 2 is 1.57 bits per heavy atom. The Hall–Kier alpha value is -0.450. The fourth-order valence-electron chi connectivity index (χ4n) is 2.37. The lowest BCUT2D eigenvalue weighted by Crippen LogP contribution is -2.51. The molecule has 3 atom stereocenters. The van der Waals surface area contributed by atoms with Crippen LogP contribution in [0.2, 0.25) is 0 Å². The number of nitrogens with two attached hydrogens (primary N) is 1. The predicted molar refractivity (Wildman–Crippen MR) is 122 cm³/mol. The highest BCUT2D eigenvalue weighted by molar-refractivity contribution is 7.88. The normalized spacial score (nSPS) is 16.2. The van der Waals surface area contributed by atoms with Gasteiger partial charge in [0.1, 0.15) is 6.04 Å². The molecular formula is C20H43ClN2O6S.